The molecule has 0 fully saturated rings. The van der Waals surface area contributed by atoms with E-state index < -0.39 is 4.92 Å². The summed E-state index contributed by atoms with van der Waals surface area (Å²) < 4.78 is 6.41. The van der Waals surface area contributed by atoms with Crippen LogP contribution in [0.2, 0.25) is 5.02 Å². The van der Waals surface area contributed by atoms with E-state index in [0.29, 0.717) is 10.8 Å². The Hall–Kier alpha value is -1.63. The van der Waals surface area contributed by atoms with Crippen molar-refractivity contribution in [3.8, 4) is 11.5 Å². The number of nitro groups is 1. The molecule has 5 nitrogen and oxygen atoms in total. The minimum Gasteiger partial charge on any atom is -0.455 e. The summed E-state index contributed by atoms with van der Waals surface area (Å²) in [6, 6.07) is 9.23. The molecule has 0 aromatic heterocycles. The van der Waals surface area contributed by atoms with Gasteiger partial charge >= 0.3 is 0 Å². The molecule has 21 heavy (non-hydrogen) atoms. The van der Waals surface area contributed by atoms with Gasteiger partial charge < -0.3 is 10.5 Å². The summed E-state index contributed by atoms with van der Waals surface area (Å²) >= 11 is 9.41. The molecule has 0 heterocycles. The lowest BCUT2D eigenvalue weighted by atomic mass is 10.1. The molecule has 1 atom stereocenters. The van der Waals surface area contributed by atoms with Gasteiger partial charge in [-0.05, 0) is 30.7 Å². The fraction of sp³-hybridized carbons (Fsp3) is 0.143. The summed E-state index contributed by atoms with van der Waals surface area (Å²) in [7, 11) is 0. The number of benzene rings is 2. The highest BCUT2D eigenvalue weighted by Gasteiger charge is 2.13. The lowest BCUT2D eigenvalue weighted by Crippen LogP contribution is -2.05. The Kier molecular flexibility index (Phi) is 4.82. The maximum Gasteiger partial charge on any atom is 0.273 e. The van der Waals surface area contributed by atoms with Crippen molar-refractivity contribution in [3.63, 3.8) is 0 Å². The van der Waals surface area contributed by atoms with Crippen LogP contribution in [-0.4, -0.2) is 4.92 Å². The van der Waals surface area contributed by atoms with Crippen LogP contribution in [-0.2, 0) is 0 Å². The van der Waals surface area contributed by atoms with E-state index in [9.17, 15) is 10.1 Å². The maximum absolute atomic E-state index is 10.8. The van der Waals surface area contributed by atoms with Crippen molar-refractivity contribution in [3.05, 3.63) is 61.6 Å². The average molecular weight is 372 g/mol. The van der Waals surface area contributed by atoms with Gasteiger partial charge in [-0.3, -0.25) is 10.1 Å². The highest BCUT2D eigenvalue weighted by molar-refractivity contribution is 9.10. The second-order valence-electron chi connectivity index (χ2n) is 4.45. The van der Waals surface area contributed by atoms with E-state index in [0.717, 1.165) is 10.0 Å². The number of hydrogen-bond acceptors (Lipinski definition) is 4. The van der Waals surface area contributed by atoms with Crippen molar-refractivity contribution in [2.45, 2.75) is 13.0 Å². The van der Waals surface area contributed by atoms with Crippen LogP contribution in [0, 0.1) is 10.1 Å². The van der Waals surface area contributed by atoms with Gasteiger partial charge in [0.2, 0.25) is 0 Å². The molecular formula is C14H12BrClN2O3. The molecule has 0 spiro atoms. The second kappa shape index (κ2) is 6.43. The molecule has 110 valence electrons. The van der Waals surface area contributed by atoms with E-state index in [1.165, 1.54) is 18.2 Å². The van der Waals surface area contributed by atoms with Crippen molar-refractivity contribution in [1.29, 1.82) is 0 Å². The number of non-ortho nitro benzene ring substituents is 1. The Balaban J connectivity index is 2.32. The molecule has 0 aliphatic heterocycles. The molecule has 0 amide bonds. The zero-order valence-corrected chi connectivity index (χ0v) is 13.4. The first-order valence-corrected chi connectivity index (χ1v) is 7.22. The first-order valence-electron chi connectivity index (χ1n) is 6.05. The van der Waals surface area contributed by atoms with Gasteiger partial charge in [0.25, 0.3) is 5.69 Å². The summed E-state index contributed by atoms with van der Waals surface area (Å²) in [6.45, 7) is 1.87. The van der Waals surface area contributed by atoms with Gasteiger partial charge in [0, 0.05) is 16.6 Å². The monoisotopic (exact) mass is 370 g/mol. The van der Waals surface area contributed by atoms with Gasteiger partial charge in [0.15, 0.2) is 5.75 Å². The van der Waals surface area contributed by atoms with E-state index >= 15 is 0 Å². The van der Waals surface area contributed by atoms with Gasteiger partial charge in [-0.2, -0.15) is 0 Å². The van der Waals surface area contributed by atoms with Crippen LogP contribution in [0.15, 0.2) is 40.9 Å². The molecule has 0 radical (unpaired) electrons. The van der Waals surface area contributed by atoms with Crippen LogP contribution < -0.4 is 10.5 Å². The zero-order chi connectivity index (χ0) is 15.6. The van der Waals surface area contributed by atoms with Crippen molar-refractivity contribution in [2.75, 3.05) is 0 Å². The van der Waals surface area contributed by atoms with Gasteiger partial charge in [-0.25, -0.2) is 0 Å². The third-order valence-corrected chi connectivity index (χ3v) is 3.81. The minimum absolute atomic E-state index is 0.0827. The molecule has 0 saturated carbocycles. The molecule has 0 saturated heterocycles. The smallest absolute Gasteiger partial charge is 0.273 e. The number of halogens is 2. The molecule has 2 rings (SSSR count). The summed E-state index contributed by atoms with van der Waals surface area (Å²) in [4.78, 5) is 10.3. The number of hydrogen-bond donors (Lipinski definition) is 1. The predicted octanol–water partition coefficient (Wildman–Crippen LogP) is 4.82. The summed E-state index contributed by atoms with van der Waals surface area (Å²) in [5.41, 5.74) is 6.68. The Morgan fingerprint density at radius 1 is 1.33 bits per heavy atom. The number of nitrogens with two attached hydrogens (primary N) is 1. The quantitative estimate of drug-likeness (QED) is 0.617. The highest BCUT2D eigenvalue weighted by Crippen LogP contribution is 2.34. The molecule has 1 unspecified atom stereocenters. The van der Waals surface area contributed by atoms with Gasteiger partial charge in [0.05, 0.1) is 16.0 Å². The van der Waals surface area contributed by atoms with Crippen LogP contribution in [0.4, 0.5) is 5.69 Å². The Labute approximate surface area is 134 Å². The van der Waals surface area contributed by atoms with E-state index in [1.54, 1.807) is 12.1 Å². The lowest BCUT2D eigenvalue weighted by Gasteiger charge is -2.12. The molecular weight excluding hydrogens is 360 g/mol. The maximum atomic E-state index is 10.8. The van der Waals surface area contributed by atoms with Crippen LogP contribution in [0.25, 0.3) is 0 Å². The normalized spacial score (nSPS) is 12.0. The third kappa shape index (κ3) is 3.72. The standard InChI is InChI=1S/C14H12BrClN2O3/c1-8(17)11-4-3-10(7-12(11)15)21-14-6-9(18(19)20)2-5-13(14)16/h2-8H,17H2,1H3. The number of nitrogens with zero attached hydrogens (tertiary/aromatic N) is 1. The molecule has 0 aliphatic carbocycles. The Morgan fingerprint density at radius 3 is 2.62 bits per heavy atom. The third-order valence-electron chi connectivity index (χ3n) is 2.82. The van der Waals surface area contributed by atoms with Crippen LogP contribution in [0.5, 0.6) is 11.5 Å². The molecule has 7 heteroatoms. The van der Waals surface area contributed by atoms with Crippen LogP contribution in [0.3, 0.4) is 0 Å². The fourth-order valence-corrected chi connectivity index (χ4v) is 2.63. The van der Waals surface area contributed by atoms with E-state index in [1.807, 2.05) is 13.0 Å². The molecule has 0 bridgehead atoms. The summed E-state index contributed by atoms with van der Waals surface area (Å²) in [5.74, 6) is 0.736. The van der Waals surface area contributed by atoms with Crippen molar-refractivity contribution in [1.82, 2.24) is 0 Å². The van der Waals surface area contributed by atoms with Crippen molar-refractivity contribution < 1.29 is 9.66 Å². The van der Waals surface area contributed by atoms with Crippen molar-refractivity contribution >= 4 is 33.2 Å². The van der Waals surface area contributed by atoms with E-state index in [2.05, 4.69) is 15.9 Å². The SMILES string of the molecule is CC(N)c1ccc(Oc2cc([N+](=O)[O-])ccc2Cl)cc1Br. The van der Waals surface area contributed by atoms with E-state index in [4.69, 9.17) is 22.1 Å². The topological polar surface area (TPSA) is 78.4 Å². The minimum atomic E-state index is -0.502. The first-order chi connectivity index (χ1) is 9.88. The largest absolute Gasteiger partial charge is 0.455 e. The van der Waals surface area contributed by atoms with Crippen LogP contribution in [0.1, 0.15) is 18.5 Å². The fourth-order valence-electron chi connectivity index (χ4n) is 1.75. The van der Waals surface area contributed by atoms with Crippen molar-refractivity contribution in [2.24, 2.45) is 5.73 Å². The number of nitro benzene ring substituents is 1. The zero-order valence-electron chi connectivity index (χ0n) is 11.0. The van der Waals surface area contributed by atoms with Gasteiger partial charge in [-0.15, -0.1) is 0 Å². The molecule has 0 aliphatic rings. The number of ether oxygens (including phenoxy) is 1. The predicted molar refractivity (Wildman–Crippen MR) is 84.9 cm³/mol. The highest BCUT2D eigenvalue weighted by atomic mass is 79.9. The molecule has 2 aromatic carbocycles. The Bertz CT molecular complexity index is 692. The lowest BCUT2D eigenvalue weighted by molar-refractivity contribution is -0.384. The Morgan fingerprint density at radius 2 is 2.05 bits per heavy atom. The van der Waals surface area contributed by atoms with Gasteiger partial charge in [0.1, 0.15) is 5.75 Å². The molecule has 2 aromatic rings. The number of rotatable bonds is 4. The summed E-state index contributed by atoms with van der Waals surface area (Å²) in [5, 5.41) is 11.1. The van der Waals surface area contributed by atoms with Crippen LogP contribution >= 0.6 is 27.5 Å². The summed E-state index contributed by atoms with van der Waals surface area (Å²) in [6.07, 6.45) is 0. The first kappa shape index (κ1) is 15.8. The average Bonchev–Trinajstić information content (AvgIpc) is 2.40. The van der Waals surface area contributed by atoms with Gasteiger partial charge in [-0.1, -0.05) is 33.6 Å². The molecule has 2 N–H and O–H groups in total. The second-order valence-corrected chi connectivity index (χ2v) is 5.71. The van der Waals surface area contributed by atoms with E-state index in [-0.39, 0.29) is 17.5 Å².